The molecule has 0 aromatic heterocycles. The number of ether oxygens (including phenoxy) is 1. The van der Waals surface area contributed by atoms with Crippen molar-refractivity contribution in [1.82, 2.24) is 0 Å². The zero-order valence-corrected chi connectivity index (χ0v) is 21.8. The van der Waals surface area contributed by atoms with Crippen molar-refractivity contribution in [2.75, 3.05) is 52.4 Å². The van der Waals surface area contributed by atoms with Crippen LogP contribution in [0.3, 0.4) is 0 Å². The molecule has 0 aliphatic carbocycles. The molecule has 2 rings (SSSR count). The van der Waals surface area contributed by atoms with E-state index in [1.807, 2.05) is 0 Å². The summed E-state index contributed by atoms with van der Waals surface area (Å²) in [6, 6.07) is 0. The number of quaternary nitrogens is 2. The third-order valence-electron chi connectivity index (χ3n) is 7.26. The first-order valence-corrected chi connectivity index (χ1v) is 13.3. The largest absolute Gasteiger partial charge is 0.673 e. The number of halogens is 8. The topological polar surface area (TPSA) is 9.23 Å². The maximum absolute atomic E-state index is 9.75. The molecule has 0 N–H and O–H groups in total. The number of hydrogen-bond donors (Lipinski definition) is 0. The van der Waals surface area contributed by atoms with Crippen molar-refractivity contribution < 1.29 is 48.2 Å². The van der Waals surface area contributed by atoms with Crippen LogP contribution in [0.5, 0.6) is 0 Å². The molecule has 2 aliphatic heterocycles. The van der Waals surface area contributed by atoms with Crippen LogP contribution < -0.4 is 0 Å². The molecular formula is C22H46B2F8N2O. The highest BCUT2D eigenvalue weighted by molar-refractivity contribution is 6.50. The Balaban J connectivity index is 0.000000975. The summed E-state index contributed by atoms with van der Waals surface area (Å²) >= 11 is 0. The Kier molecular flexibility index (Phi) is 16.8. The van der Waals surface area contributed by atoms with Gasteiger partial charge in [-0.2, -0.15) is 0 Å². The molecule has 2 aliphatic rings. The number of unbranched alkanes of at least 4 members (excludes halogenated alkanes) is 1. The molecule has 0 aromatic carbocycles. The van der Waals surface area contributed by atoms with Gasteiger partial charge in [0.25, 0.3) is 0 Å². The van der Waals surface area contributed by atoms with Crippen molar-refractivity contribution in [2.24, 2.45) is 0 Å². The van der Waals surface area contributed by atoms with Crippen molar-refractivity contribution >= 4 is 14.5 Å². The minimum Gasteiger partial charge on any atom is -0.418 e. The number of hydrogen-bond acceptors (Lipinski definition) is 1. The predicted molar refractivity (Wildman–Crippen MR) is 128 cm³/mol. The number of likely N-dealkylation sites (tertiary alicyclic amines) is 2. The standard InChI is InChI=1S/C22H46N2O.2BF4/c1-4-15-22(24(6-3)19-11-8-12-20-24)25-21-14-13-18-23(5-2)16-9-7-10-17-23;2*2-1(3,4)5/h22H,4-21H2,1-3H3;;/q+2;2*-1. The Labute approximate surface area is 206 Å². The lowest BCUT2D eigenvalue weighted by atomic mass is 10.1. The molecule has 0 saturated carbocycles. The van der Waals surface area contributed by atoms with Gasteiger partial charge in [-0.15, -0.1) is 0 Å². The molecule has 2 fully saturated rings. The van der Waals surface area contributed by atoms with Gasteiger partial charge < -0.3 is 43.7 Å². The third kappa shape index (κ3) is 17.5. The minimum atomic E-state index is -6.00. The smallest absolute Gasteiger partial charge is 0.418 e. The summed E-state index contributed by atoms with van der Waals surface area (Å²) in [5, 5.41) is 0. The summed E-state index contributed by atoms with van der Waals surface area (Å²) in [4.78, 5) is 0. The zero-order chi connectivity index (χ0) is 27.0. The van der Waals surface area contributed by atoms with E-state index in [-0.39, 0.29) is 0 Å². The summed E-state index contributed by atoms with van der Waals surface area (Å²) in [7, 11) is -12.0. The average molecular weight is 528 g/mol. The number of rotatable bonds is 11. The van der Waals surface area contributed by atoms with E-state index < -0.39 is 14.5 Å². The Hall–Kier alpha value is -0.550. The van der Waals surface area contributed by atoms with E-state index in [1.165, 1.54) is 119 Å². The second-order valence-corrected chi connectivity index (χ2v) is 9.74. The second-order valence-electron chi connectivity index (χ2n) is 9.74. The van der Waals surface area contributed by atoms with E-state index in [0.717, 1.165) is 6.61 Å². The van der Waals surface area contributed by atoms with Gasteiger partial charge in [0.05, 0.1) is 52.4 Å². The molecule has 35 heavy (non-hydrogen) atoms. The van der Waals surface area contributed by atoms with Crippen molar-refractivity contribution in [3.05, 3.63) is 0 Å². The van der Waals surface area contributed by atoms with Gasteiger partial charge in [-0.1, -0.05) is 6.92 Å². The molecule has 1 atom stereocenters. The molecule has 212 valence electrons. The fourth-order valence-electron chi connectivity index (χ4n) is 5.36. The lowest BCUT2D eigenvalue weighted by Gasteiger charge is -2.46. The molecule has 2 heterocycles. The summed E-state index contributed by atoms with van der Waals surface area (Å²) < 4.78 is 87.2. The van der Waals surface area contributed by atoms with Gasteiger partial charge in [0.2, 0.25) is 0 Å². The molecule has 0 radical (unpaired) electrons. The molecule has 13 heteroatoms. The fourth-order valence-corrected chi connectivity index (χ4v) is 5.36. The van der Waals surface area contributed by atoms with E-state index in [4.69, 9.17) is 4.74 Å². The van der Waals surface area contributed by atoms with Crippen molar-refractivity contribution in [3.8, 4) is 0 Å². The van der Waals surface area contributed by atoms with Crippen LogP contribution >= 0.6 is 0 Å². The van der Waals surface area contributed by atoms with E-state index in [1.54, 1.807) is 0 Å². The van der Waals surface area contributed by atoms with Crippen LogP contribution in [-0.2, 0) is 4.74 Å². The van der Waals surface area contributed by atoms with Gasteiger partial charge in [0.15, 0.2) is 6.23 Å². The van der Waals surface area contributed by atoms with Gasteiger partial charge in [-0.25, -0.2) is 0 Å². The first-order valence-electron chi connectivity index (χ1n) is 13.3. The Morgan fingerprint density at radius 1 is 0.657 bits per heavy atom. The minimum absolute atomic E-state index is 0.458. The second kappa shape index (κ2) is 17.1. The van der Waals surface area contributed by atoms with Crippen molar-refractivity contribution in [1.29, 1.82) is 0 Å². The maximum atomic E-state index is 9.75. The van der Waals surface area contributed by atoms with Gasteiger partial charge in [0, 0.05) is 6.42 Å². The molecule has 1 unspecified atom stereocenters. The first-order chi connectivity index (χ1) is 16.2. The summed E-state index contributed by atoms with van der Waals surface area (Å²) in [5.74, 6) is 0. The summed E-state index contributed by atoms with van der Waals surface area (Å²) in [5.41, 5.74) is 0. The lowest BCUT2D eigenvalue weighted by molar-refractivity contribution is -0.974. The van der Waals surface area contributed by atoms with E-state index in [2.05, 4.69) is 20.8 Å². The van der Waals surface area contributed by atoms with Crippen LogP contribution in [0, 0.1) is 0 Å². The highest BCUT2D eigenvalue weighted by Gasteiger charge is 2.37. The maximum Gasteiger partial charge on any atom is 0.673 e. The molecule has 3 nitrogen and oxygen atoms in total. The first kappa shape index (κ1) is 34.4. The van der Waals surface area contributed by atoms with Crippen LogP contribution in [-0.4, -0.2) is 82.1 Å². The van der Waals surface area contributed by atoms with Crippen LogP contribution in [0.1, 0.15) is 85.0 Å². The molecule has 2 saturated heterocycles. The molecular weight excluding hydrogens is 482 g/mol. The number of piperidine rings is 2. The monoisotopic (exact) mass is 528 g/mol. The Bertz CT molecular complexity index is 503. The van der Waals surface area contributed by atoms with Crippen molar-refractivity contribution in [2.45, 2.75) is 91.2 Å². The van der Waals surface area contributed by atoms with Crippen LogP contribution in [0.15, 0.2) is 0 Å². The number of nitrogens with zero attached hydrogens (tertiary/aromatic N) is 2. The normalized spacial score (nSPS) is 20.7. The van der Waals surface area contributed by atoms with Crippen LogP contribution in [0.2, 0.25) is 0 Å². The van der Waals surface area contributed by atoms with Crippen molar-refractivity contribution in [3.63, 3.8) is 0 Å². The molecule has 0 spiro atoms. The predicted octanol–water partition coefficient (Wildman–Crippen LogP) is 7.55. The Morgan fingerprint density at radius 2 is 1.11 bits per heavy atom. The van der Waals surface area contributed by atoms with E-state index in [9.17, 15) is 34.5 Å². The highest BCUT2D eigenvalue weighted by Crippen LogP contribution is 2.27. The SMILES string of the molecule is CCCC(OCCCC[N+]1(CC)CCCCC1)[N+]1(CC)CCCCC1.F[B-](F)(F)F.F[B-](F)(F)F. The summed E-state index contributed by atoms with van der Waals surface area (Å²) in [6.07, 6.45) is 14.1. The van der Waals surface area contributed by atoms with Crippen LogP contribution in [0.4, 0.5) is 34.5 Å². The highest BCUT2D eigenvalue weighted by atomic mass is 19.5. The van der Waals surface area contributed by atoms with Gasteiger partial charge in [-0.3, -0.25) is 4.48 Å². The fraction of sp³-hybridized carbons (Fsp3) is 1.00. The summed E-state index contributed by atoms with van der Waals surface area (Å²) in [6.45, 7) is 17.6. The van der Waals surface area contributed by atoms with Gasteiger partial charge >= 0.3 is 14.5 Å². The van der Waals surface area contributed by atoms with E-state index >= 15 is 0 Å². The van der Waals surface area contributed by atoms with Crippen LogP contribution in [0.25, 0.3) is 0 Å². The Morgan fingerprint density at radius 3 is 1.51 bits per heavy atom. The van der Waals surface area contributed by atoms with Gasteiger partial charge in [0.1, 0.15) is 0 Å². The zero-order valence-electron chi connectivity index (χ0n) is 21.8. The molecule has 0 amide bonds. The van der Waals surface area contributed by atoms with E-state index in [0.29, 0.717) is 6.23 Å². The molecule has 0 aromatic rings. The third-order valence-corrected chi connectivity index (χ3v) is 7.26. The lowest BCUT2D eigenvalue weighted by Crippen LogP contribution is -2.59. The molecule has 0 bridgehead atoms. The van der Waals surface area contributed by atoms with Gasteiger partial charge in [-0.05, 0) is 71.6 Å². The quantitative estimate of drug-likeness (QED) is 0.117. The average Bonchev–Trinajstić information content (AvgIpc) is 2.77.